The number of hydrogen-bond acceptors (Lipinski definition) is 20. The average molecular weight is 789 g/mol. The predicted molar refractivity (Wildman–Crippen MR) is 182 cm³/mol. The molecule has 54 heavy (non-hydrogen) atoms. The number of amides is 1. The number of nitrogens with one attached hydrogen (secondary N) is 1. The minimum absolute atomic E-state index is 0.0935. The molecule has 11 N–H and O–H groups in total. The molecule has 3 fully saturated rings. The molecule has 3 aliphatic heterocycles. The molecule has 9 unspecified atom stereocenters. The van der Waals surface area contributed by atoms with Gasteiger partial charge in [-0.3, -0.25) is 9.59 Å². The number of nitrogens with zero attached hydrogens (tertiary/aromatic N) is 1. The van der Waals surface area contributed by atoms with E-state index in [0.717, 1.165) is 12.6 Å². The molecule has 3 heterocycles. The van der Waals surface area contributed by atoms with E-state index in [0.29, 0.717) is 38.5 Å². The van der Waals surface area contributed by atoms with E-state index in [1.807, 2.05) is 0 Å². The van der Waals surface area contributed by atoms with Crippen LogP contribution in [0.3, 0.4) is 0 Å². The van der Waals surface area contributed by atoms with Crippen molar-refractivity contribution in [1.29, 1.82) is 0 Å². The van der Waals surface area contributed by atoms with E-state index < -0.39 is 86.6 Å². The van der Waals surface area contributed by atoms with Crippen LogP contribution in [-0.2, 0) is 43.0 Å². The summed E-state index contributed by atoms with van der Waals surface area (Å²) in [6.45, 7) is -0.993. The lowest BCUT2D eigenvalue weighted by molar-refractivity contribution is -0.341. The first-order valence-electron chi connectivity index (χ1n) is 17.8. The summed E-state index contributed by atoms with van der Waals surface area (Å²) < 4.78 is 21.4. The second-order valence-corrected chi connectivity index (χ2v) is 13.1. The Kier molecular flexibility index (Phi) is 25.1. The molecule has 21 heteroatoms. The van der Waals surface area contributed by atoms with E-state index in [1.165, 1.54) is 5.06 Å². The largest absolute Gasteiger partial charge is 0.394 e. The summed E-state index contributed by atoms with van der Waals surface area (Å²) >= 11 is 0. The van der Waals surface area contributed by atoms with Crippen LogP contribution in [0.15, 0.2) is 0 Å². The van der Waals surface area contributed by atoms with Crippen molar-refractivity contribution >= 4 is 24.4 Å². The zero-order chi connectivity index (χ0) is 40.8. The van der Waals surface area contributed by atoms with E-state index in [2.05, 4.69) is 5.32 Å². The maximum absolute atomic E-state index is 12.0. The third kappa shape index (κ3) is 17.6. The molecule has 0 saturated carbocycles. The number of hydrogen-bond donors (Lipinski definition) is 11. The lowest BCUT2D eigenvalue weighted by Crippen LogP contribution is -2.64. The Morgan fingerprint density at radius 1 is 0.741 bits per heavy atom. The fourth-order valence-corrected chi connectivity index (χ4v) is 5.42. The van der Waals surface area contributed by atoms with Gasteiger partial charge in [0.2, 0.25) is 5.91 Å². The average Bonchev–Trinajstić information content (AvgIpc) is 3.14. The van der Waals surface area contributed by atoms with Gasteiger partial charge in [-0.15, -0.1) is 5.06 Å². The molecule has 0 spiro atoms. The van der Waals surface area contributed by atoms with Crippen molar-refractivity contribution in [1.82, 2.24) is 10.4 Å². The minimum Gasteiger partial charge on any atom is -0.394 e. The molecule has 0 bridgehead atoms. The Labute approximate surface area is 313 Å². The number of aliphatic hydroxyl groups excluding tert-OH is 10. The summed E-state index contributed by atoms with van der Waals surface area (Å²) in [5, 5.41) is 101. The van der Waals surface area contributed by atoms with Crippen LogP contribution in [0.4, 0.5) is 0 Å². The fraction of sp³-hybridized carbons (Fsp3) is 0.879. The first-order valence-corrected chi connectivity index (χ1v) is 17.8. The second kappa shape index (κ2) is 27.3. The Bertz CT molecular complexity index is 1050. The number of carbonyl (C=O) groups excluding carboxylic acids is 4. The van der Waals surface area contributed by atoms with Crippen molar-refractivity contribution in [3.63, 3.8) is 0 Å². The quantitative estimate of drug-likeness (QED) is 0.0351. The Morgan fingerprint density at radius 3 is 1.89 bits per heavy atom. The first kappa shape index (κ1) is 49.7. The number of unbranched alkanes of at least 4 members (excludes halogenated alkanes) is 2. The van der Waals surface area contributed by atoms with Gasteiger partial charge in [0.25, 0.3) is 0 Å². The van der Waals surface area contributed by atoms with Crippen LogP contribution in [-0.4, -0.2) is 207 Å². The predicted octanol–water partition coefficient (Wildman–Crippen LogP) is -5.22. The highest BCUT2D eigenvalue weighted by Gasteiger charge is 2.50. The monoisotopic (exact) mass is 788 g/mol. The molecule has 0 aromatic heterocycles. The van der Waals surface area contributed by atoms with Crippen molar-refractivity contribution in [3.8, 4) is 0 Å². The molecule has 21 nitrogen and oxygen atoms in total. The van der Waals surface area contributed by atoms with Gasteiger partial charge < -0.3 is 89.8 Å². The van der Waals surface area contributed by atoms with Crippen LogP contribution in [0.1, 0.15) is 57.8 Å². The van der Waals surface area contributed by atoms with Gasteiger partial charge in [0.05, 0.1) is 44.7 Å². The SMILES string of the molecule is CN(C)OC(=O)CCCCC(=O)NCCC[C@H]1OC(CO)[C@@H](O)C(O[C@H]2OC(CO)[C@@H](O)C(O)C2O)C1O.O=CCCC=O.OCC1CC(O)C(O)CO1. The number of aliphatic hydroxyl groups is 10. The van der Waals surface area contributed by atoms with Crippen LogP contribution in [0.5, 0.6) is 0 Å². The van der Waals surface area contributed by atoms with Gasteiger partial charge in [-0.1, -0.05) is 0 Å². The van der Waals surface area contributed by atoms with Crippen LogP contribution in [0, 0.1) is 0 Å². The van der Waals surface area contributed by atoms with Gasteiger partial charge in [0, 0.05) is 52.7 Å². The molecule has 0 radical (unpaired) electrons. The minimum atomic E-state index is -1.74. The topological polar surface area (TPSA) is 332 Å². The van der Waals surface area contributed by atoms with Crippen LogP contribution in [0.25, 0.3) is 0 Å². The van der Waals surface area contributed by atoms with E-state index in [4.69, 9.17) is 39.1 Å². The summed E-state index contributed by atoms with van der Waals surface area (Å²) in [6, 6.07) is 0. The lowest BCUT2D eigenvalue weighted by atomic mass is 9.92. The van der Waals surface area contributed by atoms with E-state index in [1.54, 1.807) is 14.1 Å². The first-order chi connectivity index (χ1) is 25.6. The normalized spacial score (nSPS) is 33.7. The van der Waals surface area contributed by atoms with Crippen molar-refractivity contribution < 1.29 is 94.0 Å². The zero-order valence-electron chi connectivity index (χ0n) is 30.7. The molecule has 3 saturated heterocycles. The highest BCUT2D eigenvalue weighted by molar-refractivity contribution is 5.75. The third-order valence-corrected chi connectivity index (χ3v) is 8.47. The van der Waals surface area contributed by atoms with E-state index in [-0.39, 0.29) is 57.0 Å². The van der Waals surface area contributed by atoms with Gasteiger partial charge in [0.15, 0.2) is 6.29 Å². The molecule has 0 aromatic rings. The summed E-state index contributed by atoms with van der Waals surface area (Å²) in [4.78, 5) is 47.2. The zero-order valence-corrected chi connectivity index (χ0v) is 30.7. The van der Waals surface area contributed by atoms with Crippen molar-refractivity contribution in [2.75, 3.05) is 47.1 Å². The molecular formula is C33H60N2O19. The summed E-state index contributed by atoms with van der Waals surface area (Å²) in [5.74, 6) is -0.579. The molecule has 316 valence electrons. The Hall–Kier alpha value is -2.32. The van der Waals surface area contributed by atoms with Gasteiger partial charge in [-0.05, 0) is 25.7 Å². The number of ether oxygens (including phenoxy) is 4. The van der Waals surface area contributed by atoms with Gasteiger partial charge in [-0.2, -0.15) is 0 Å². The maximum atomic E-state index is 12.0. The molecule has 1 amide bonds. The van der Waals surface area contributed by atoms with Gasteiger partial charge in [-0.25, -0.2) is 0 Å². The van der Waals surface area contributed by atoms with E-state index in [9.17, 15) is 54.9 Å². The standard InChI is InChI=1S/C23H42N2O13.C6H12O4.C4H6O2/c1-25(2)38-16(29)8-4-3-7-15(28)24-9-5-6-12-18(31)22(19(32)14(11-27)35-12)37-23-21(34)20(33)17(30)13(10-26)36-23;7-2-4-1-5(8)6(9)3-10-4;5-3-1-2-4-6/h12-14,17-23,26-27,30-34H,3-11H2,1-2H3,(H,24,28);4-9H,1-3H2;3-4H,1-2H2/t12-,13?,14?,17-,18?,19-,20?,21?,22?,23-;;/m1../s1. The molecular weight excluding hydrogens is 728 g/mol. The summed E-state index contributed by atoms with van der Waals surface area (Å²) in [6.07, 6.45) is -11.6. The smallest absolute Gasteiger partial charge is 0.325 e. The van der Waals surface area contributed by atoms with Crippen LogP contribution in [0.2, 0.25) is 0 Å². The number of aldehydes is 2. The Morgan fingerprint density at radius 2 is 1.33 bits per heavy atom. The summed E-state index contributed by atoms with van der Waals surface area (Å²) in [7, 11) is 3.20. The number of rotatable bonds is 18. The van der Waals surface area contributed by atoms with Crippen molar-refractivity contribution in [2.24, 2.45) is 0 Å². The van der Waals surface area contributed by atoms with Crippen LogP contribution >= 0.6 is 0 Å². The lowest BCUT2D eigenvalue weighted by Gasteiger charge is -2.46. The van der Waals surface area contributed by atoms with Crippen LogP contribution < -0.4 is 5.32 Å². The molecule has 3 rings (SSSR count). The highest BCUT2D eigenvalue weighted by Crippen LogP contribution is 2.30. The Balaban J connectivity index is 0.000000748. The second-order valence-electron chi connectivity index (χ2n) is 13.1. The molecule has 0 aromatic carbocycles. The highest BCUT2D eigenvalue weighted by atomic mass is 16.7. The van der Waals surface area contributed by atoms with Crippen molar-refractivity contribution in [2.45, 2.75) is 137 Å². The third-order valence-electron chi connectivity index (χ3n) is 8.47. The molecule has 3 aliphatic rings. The van der Waals surface area contributed by atoms with E-state index >= 15 is 0 Å². The fourth-order valence-electron chi connectivity index (χ4n) is 5.42. The maximum Gasteiger partial charge on any atom is 0.325 e. The summed E-state index contributed by atoms with van der Waals surface area (Å²) in [5.41, 5.74) is 0. The van der Waals surface area contributed by atoms with Crippen molar-refractivity contribution in [3.05, 3.63) is 0 Å². The van der Waals surface area contributed by atoms with Gasteiger partial charge in [0.1, 0.15) is 67.5 Å². The molecule has 0 aliphatic carbocycles. The number of hydroxylamine groups is 2. The number of carbonyl (C=O) groups is 4. The van der Waals surface area contributed by atoms with Gasteiger partial charge >= 0.3 is 5.97 Å². The molecule has 13 atom stereocenters.